The Morgan fingerprint density at radius 3 is 2.45 bits per heavy atom. The van der Waals surface area contributed by atoms with Gasteiger partial charge in [-0.25, -0.2) is 0 Å². The highest BCUT2D eigenvalue weighted by Gasteiger charge is 2.60. The maximum absolute atomic E-state index is 13.2. The molecular formula is C20H30N4O4S. The van der Waals surface area contributed by atoms with Crippen molar-refractivity contribution in [1.82, 2.24) is 18.4 Å². The van der Waals surface area contributed by atoms with Crippen molar-refractivity contribution in [3.05, 3.63) is 35.9 Å². The summed E-state index contributed by atoms with van der Waals surface area (Å²) in [4.78, 5) is 17.1. The highest BCUT2D eigenvalue weighted by Crippen LogP contribution is 2.45. The normalized spacial score (nSPS) is 29.1. The molecule has 1 aromatic rings. The van der Waals surface area contributed by atoms with Gasteiger partial charge in [0, 0.05) is 65.8 Å². The van der Waals surface area contributed by atoms with Gasteiger partial charge in [-0.3, -0.25) is 9.69 Å². The summed E-state index contributed by atoms with van der Waals surface area (Å²) in [5, 5.41) is 0. The minimum atomic E-state index is -3.58. The highest BCUT2D eigenvalue weighted by molar-refractivity contribution is 7.86. The maximum Gasteiger partial charge on any atom is 0.282 e. The number of rotatable bonds is 5. The third kappa shape index (κ3) is 3.82. The van der Waals surface area contributed by atoms with Gasteiger partial charge in [-0.1, -0.05) is 30.3 Å². The highest BCUT2D eigenvalue weighted by atomic mass is 32.2. The molecule has 0 aliphatic carbocycles. The first kappa shape index (κ1) is 20.7. The van der Waals surface area contributed by atoms with Gasteiger partial charge in [-0.15, -0.1) is 0 Å². The van der Waals surface area contributed by atoms with E-state index in [4.69, 9.17) is 4.74 Å². The fourth-order valence-electron chi connectivity index (χ4n) is 4.95. The van der Waals surface area contributed by atoms with Crippen LogP contribution in [0.2, 0.25) is 0 Å². The Morgan fingerprint density at radius 2 is 1.79 bits per heavy atom. The third-order valence-electron chi connectivity index (χ3n) is 6.35. The minimum Gasteiger partial charge on any atom is -0.379 e. The van der Waals surface area contributed by atoms with Crippen molar-refractivity contribution in [2.75, 3.05) is 66.6 Å². The summed E-state index contributed by atoms with van der Waals surface area (Å²) in [6.45, 7) is 4.31. The number of hydrogen-bond donors (Lipinski definition) is 0. The lowest BCUT2D eigenvalue weighted by Crippen LogP contribution is -2.51. The van der Waals surface area contributed by atoms with Crippen LogP contribution in [-0.2, 0) is 26.3 Å². The molecular weight excluding hydrogens is 392 g/mol. The van der Waals surface area contributed by atoms with Crippen molar-refractivity contribution in [3.63, 3.8) is 0 Å². The number of morpholine rings is 1. The zero-order valence-electron chi connectivity index (χ0n) is 17.2. The molecule has 9 heteroatoms. The number of amides is 1. The lowest BCUT2D eigenvalue weighted by atomic mass is 9.80. The molecule has 0 spiro atoms. The molecule has 8 nitrogen and oxygen atoms in total. The smallest absolute Gasteiger partial charge is 0.282 e. The summed E-state index contributed by atoms with van der Waals surface area (Å²) in [5.74, 6) is 0.0228. The van der Waals surface area contributed by atoms with Crippen molar-refractivity contribution in [1.29, 1.82) is 0 Å². The fourth-order valence-corrected chi connectivity index (χ4v) is 6.65. The van der Waals surface area contributed by atoms with E-state index in [9.17, 15) is 13.2 Å². The molecule has 0 aromatic heterocycles. The van der Waals surface area contributed by atoms with Gasteiger partial charge in [-0.2, -0.15) is 17.0 Å². The largest absolute Gasteiger partial charge is 0.379 e. The van der Waals surface area contributed by atoms with Crippen LogP contribution in [0.1, 0.15) is 5.56 Å². The standard InChI is InChI=1S/C20H30N4O4S/c1-21(2)19(25)20-15-22(12-17-6-4-3-5-7-17)13-18(20)14-24(16-20)29(26,27)23-8-10-28-11-9-23/h3-7,18H,8-16H2,1-2H3/t18-,20-/m0/s1. The zero-order valence-corrected chi connectivity index (χ0v) is 18.0. The third-order valence-corrected chi connectivity index (χ3v) is 8.30. The van der Waals surface area contributed by atoms with E-state index in [-0.39, 0.29) is 18.4 Å². The van der Waals surface area contributed by atoms with Crippen molar-refractivity contribution in [2.24, 2.45) is 11.3 Å². The molecule has 0 N–H and O–H groups in total. The zero-order chi connectivity index (χ0) is 20.6. The summed E-state index contributed by atoms with van der Waals surface area (Å²) < 4.78 is 34.7. The average Bonchev–Trinajstić information content (AvgIpc) is 3.24. The summed E-state index contributed by atoms with van der Waals surface area (Å²) in [6.07, 6.45) is 0. The van der Waals surface area contributed by atoms with Gasteiger partial charge in [0.1, 0.15) is 0 Å². The predicted octanol–water partition coefficient (Wildman–Crippen LogP) is 0.0856. The van der Waals surface area contributed by atoms with Gasteiger partial charge in [0.25, 0.3) is 10.2 Å². The summed E-state index contributed by atoms with van der Waals surface area (Å²) in [5.41, 5.74) is 0.523. The average molecular weight is 423 g/mol. The number of fused-ring (bicyclic) bond motifs is 1. The molecule has 0 radical (unpaired) electrons. The quantitative estimate of drug-likeness (QED) is 0.672. The summed E-state index contributed by atoms with van der Waals surface area (Å²) in [6, 6.07) is 10.2. The van der Waals surface area contributed by atoms with Crippen LogP contribution in [0.4, 0.5) is 0 Å². The van der Waals surface area contributed by atoms with Crippen LogP contribution in [0, 0.1) is 11.3 Å². The van der Waals surface area contributed by atoms with Crippen LogP contribution in [0.3, 0.4) is 0 Å². The van der Waals surface area contributed by atoms with Crippen LogP contribution >= 0.6 is 0 Å². The lowest BCUT2D eigenvalue weighted by molar-refractivity contribution is -0.139. The van der Waals surface area contributed by atoms with Crippen LogP contribution in [0.25, 0.3) is 0 Å². The molecule has 3 heterocycles. The molecule has 1 amide bonds. The Bertz CT molecular complexity index is 841. The van der Waals surface area contributed by atoms with Crippen molar-refractivity contribution in [2.45, 2.75) is 6.54 Å². The Labute approximate surface area is 173 Å². The lowest BCUT2D eigenvalue weighted by Gasteiger charge is -2.33. The topological polar surface area (TPSA) is 73.4 Å². The van der Waals surface area contributed by atoms with Crippen molar-refractivity contribution < 1.29 is 17.9 Å². The van der Waals surface area contributed by atoms with Gasteiger partial charge in [0.2, 0.25) is 5.91 Å². The second-order valence-electron chi connectivity index (χ2n) is 8.52. The Balaban J connectivity index is 1.55. The first-order valence-corrected chi connectivity index (χ1v) is 11.5. The number of carbonyl (C=O) groups is 1. The van der Waals surface area contributed by atoms with E-state index in [2.05, 4.69) is 17.0 Å². The van der Waals surface area contributed by atoms with Gasteiger partial charge in [-0.05, 0) is 5.56 Å². The van der Waals surface area contributed by atoms with E-state index in [1.165, 1.54) is 14.2 Å². The van der Waals surface area contributed by atoms with Crippen LogP contribution < -0.4 is 0 Å². The molecule has 0 saturated carbocycles. The molecule has 4 rings (SSSR count). The first-order valence-electron chi connectivity index (χ1n) is 10.1. The summed E-state index contributed by atoms with van der Waals surface area (Å²) in [7, 11) is -0.0659. The molecule has 3 fully saturated rings. The first-order chi connectivity index (χ1) is 13.8. The van der Waals surface area contributed by atoms with Gasteiger partial charge in [0.05, 0.1) is 18.6 Å². The Kier molecular flexibility index (Phi) is 5.69. The van der Waals surface area contributed by atoms with Crippen LogP contribution in [0.5, 0.6) is 0 Å². The van der Waals surface area contributed by atoms with Gasteiger partial charge < -0.3 is 9.64 Å². The number of ether oxygens (including phenoxy) is 1. The van der Waals surface area contributed by atoms with E-state index in [1.807, 2.05) is 18.2 Å². The van der Waals surface area contributed by atoms with Crippen LogP contribution in [0.15, 0.2) is 30.3 Å². The molecule has 1 aromatic carbocycles. The van der Waals surface area contributed by atoms with Gasteiger partial charge >= 0.3 is 0 Å². The number of nitrogens with zero attached hydrogens (tertiary/aromatic N) is 4. The second kappa shape index (κ2) is 7.96. The Hall–Kier alpha value is -1.52. The monoisotopic (exact) mass is 422 g/mol. The molecule has 29 heavy (non-hydrogen) atoms. The van der Waals surface area contributed by atoms with E-state index in [0.29, 0.717) is 39.4 Å². The van der Waals surface area contributed by atoms with Crippen LogP contribution in [-0.4, -0.2) is 99.3 Å². The summed E-state index contributed by atoms with van der Waals surface area (Å²) >= 11 is 0. The molecule has 3 saturated heterocycles. The fraction of sp³-hybridized carbons (Fsp3) is 0.650. The van der Waals surface area contributed by atoms with Gasteiger partial charge in [0.15, 0.2) is 0 Å². The second-order valence-corrected chi connectivity index (χ2v) is 10.4. The SMILES string of the molecule is CN(C)C(=O)[C@]12CN(Cc3ccccc3)C[C@H]1CN(S(=O)(=O)N1CCOCC1)C2. The molecule has 3 aliphatic rings. The predicted molar refractivity (Wildman–Crippen MR) is 109 cm³/mol. The molecule has 2 atom stereocenters. The number of carbonyl (C=O) groups excluding carboxylic acids is 1. The minimum absolute atomic E-state index is 0.00284. The number of benzene rings is 1. The molecule has 0 bridgehead atoms. The van der Waals surface area contributed by atoms with E-state index < -0.39 is 15.6 Å². The molecule has 160 valence electrons. The number of hydrogen-bond acceptors (Lipinski definition) is 5. The molecule has 3 aliphatic heterocycles. The molecule has 0 unspecified atom stereocenters. The maximum atomic E-state index is 13.2. The van der Waals surface area contributed by atoms with E-state index >= 15 is 0 Å². The number of likely N-dealkylation sites (tertiary alicyclic amines) is 1. The van der Waals surface area contributed by atoms with Crippen molar-refractivity contribution >= 4 is 16.1 Å². The van der Waals surface area contributed by atoms with E-state index in [1.54, 1.807) is 19.0 Å². The van der Waals surface area contributed by atoms with Crippen molar-refractivity contribution in [3.8, 4) is 0 Å². The Morgan fingerprint density at radius 1 is 1.10 bits per heavy atom. The van der Waals surface area contributed by atoms with E-state index in [0.717, 1.165) is 13.1 Å².